The number of nitrogens with one attached hydrogen (secondary N) is 1. The maximum Gasteiger partial charge on any atom is 0.251 e. The molecule has 0 bridgehead atoms. The van der Waals surface area contributed by atoms with Crippen LogP contribution >= 0.6 is 23.1 Å². The summed E-state index contributed by atoms with van der Waals surface area (Å²) < 4.78 is 8.03. The summed E-state index contributed by atoms with van der Waals surface area (Å²) in [6.45, 7) is 10.4. The van der Waals surface area contributed by atoms with Crippen molar-refractivity contribution in [3.63, 3.8) is 0 Å². The van der Waals surface area contributed by atoms with Crippen LogP contribution in [0.25, 0.3) is 0 Å². The normalized spacial score (nSPS) is 15.7. The Kier molecular flexibility index (Phi) is 8.15. The Balaban J connectivity index is 1.46. The summed E-state index contributed by atoms with van der Waals surface area (Å²) in [5.41, 5.74) is 8.16. The number of allylic oxidation sites excluding steroid dienone is 1. The molecule has 2 heterocycles. The Bertz CT molecular complexity index is 1280. The van der Waals surface area contributed by atoms with Gasteiger partial charge in [-0.05, 0) is 56.2 Å². The molecule has 2 unspecified atom stereocenters. The van der Waals surface area contributed by atoms with Gasteiger partial charge in [-0.1, -0.05) is 43.0 Å². The van der Waals surface area contributed by atoms with Crippen molar-refractivity contribution in [2.45, 2.75) is 57.8 Å². The van der Waals surface area contributed by atoms with E-state index in [1.807, 2.05) is 42.7 Å². The van der Waals surface area contributed by atoms with Crippen LogP contribution in [-0.2, 0) is 24.2 Å². The molecule has 2 atom stereocenters. The van der Waals surface area contributed by atoms with Gasteiger partial charge in [-0.3, -0.25) is 14.2 Å². The number of para-hydroxylation sites is 1. The number of hydrogen-bond donors (Lipinski definition) is 2. The zero-order valence-electron chi connectivity index (χ0n) is 20.7. The van der Waals surface area contributed by atoms with Crippen molar-refractivity contribution in [3.8, 4) is 5.75 Å². The summed E-state index contributed by atoms with van der Waals surface area (Å²) in [5, 5.41) is 12.7. The van der Waals surface area contributed by atoms with Gasteiger partial charge in [0.25, 0.3) is 5.91 Å². The van der Waals surface area contributed by atoms with E-state index in [-0.39, 0.29) is 17.8 Å². The van der Waals surface area contributed by atoms with Crippen molar-refractivity contribution in [1.29, 1.82) is 0 Å². The van der Waals surface area contributed by atoms with Gasteiger partial charge in [-0.2, -0.15) is 0 Å². The third-order valence-corrected chi connectivity index (χ3v) is 8.30. The molecule has 10 heteroatoms. The van der Waals surface area contributed by atoms with Crippen LogP contribution in [0.3, 0.4) is 0 Å². The van der Waals surface area contributed by atoms with Gasteiger partial charge >= 0.3 is 0 Å². The Morgan fingerprint density at radius 3 is 2.89 bits per heavy atom. The molecule has 2 aromatic heterocycles. The number of aromatic nitrogens is 3. The lowest BCUT2D eigenvalue weighted by atomic mass is 9.88. The molecule has 0 radical (unpaired) electrons. The summed E-state index contributed by atoms with van der Waals surface area (Å²) >= 11 is 2.73. The number of fused-ring (bicyclic) bond motifs is 1. The number of amides is 2. The Morgan fingerprint density at radius 1 is 1.39 bits per heavy atom. The van der Waals surface area contributed by atoms with E-state index in [1.54, 1.807) is 6.08 Å². The molecule has 1 aliphatic rings. The Labute approximate surface area is 219 Å². The molecule has 8 nitrogen and oxygen atoms in total. The first-order chi connectivity index (χ1) is 17.3. The highest BCUT2D eigenvalue weighted by molar-refractivity contribution is 7.99. The van der Waals surface area contributed by atoms with Gasteiger partial charge in [-0.15, -0.1) is 28.1 Å². The minimum atomic E-state index is -0.497. The maximum absolute atomic E-state index is 12.8. The van der Waals surface area contributed by atoms with Gasteiger partial charge in [0.2, 0.25) is 5.91 Å². The smallest absolute Gasteiger partial charge is 0.251 e. The van der Waals surface area contributed by atoms with Gasteiger partial charge < -0.3 is 15.8 Å². The molecule has 0 aliphatic heterocycles. The highest BCUT2D eigenvalue weighted by atomic mass is 32.2. The summed E-state index contributed by atoms with van der Waals surface area (Å²) in [6, 6.07) is 7.80. The molecular formula is C26H31N5O3S2. The number of nitrogens with zero attached hydrogens (tertiary/aromatic N) is 3. The minimum Gasteiger partial charge on any atom is -0.482 e. The monoisotopic (exact) mass is 525 g/mol. The summed E-state index contributed by atoms with van der Waals surface area (Å²) in [4.78, 5) is 26.2. The zero-order valence-corrected chi connectivity index (χ0v) is 22.4. The first kappa shape index (κ1) is 26.0. The fourth-order valence-corrected chi connectivity index (χ4v) is 6.52. The second-order valence-corrected chi connectivity index (χ2v) is 11.1. The largest absolute Gasteiger partial charge is 0.482 e. The molecule has 0 fully saturated rings. The van der Waals surface area contributed by atoms with E-state index >= 15 is 0 Å². The van der Waals surface area contributed by atoms with E-state index in [9.17, 15) is 9.59 Å². The summed E-state index contributed by atoms with van der Waals surface area (Å²) in [5.74, 6) is 1.37. The van der Waals surface area contributed by atoms with Crippen molar-refractivity contribution < 1.29 is 14.3 Å². The topological polar surface area (TPSA) is 112 Å². The lowest BCUT2D eigenvalue weighted by Gasteiger charge is -2.18. The quantitative estimate of drug-likeness (QED) is 0.287. The molecule has 0 saturated carbocycles. The molecule has 0 saturated heterocycles. The van der Waals surface area contributed by atoms with Crippen molar-refractivity contribution in [2.24, 2.45) is 11.7 Å². The molecule has 190 valence electrons. The fraction of sp³-hybridized carbons (Fsp3) is 0.385. The van der Waals surface area contributed by atoms with Crippen LogP contribution in [0.2, 0.25) is 0 Å². The van der Waals surface area contributed by atoms with Gasteiger partial charge in [0, 0.05) is 11.4 Å². The van der Waals surface area contributed by atoms with Gasteiger partial charge in [-0.25, -0.2) is 0 Å². The average Bonchev–Trinajstić information content (AvgIpc) is 3.39. The second-order valence-electron chi connectivity index (χ2n) is 9.02. The SMILES string of the molecule is C=CCn1c(SCC(=O)Nc2sc3c(c2C(N)=O)CCC(C)C3)nnc1C(C)Oc1ccccc1C. The van der Waals surface area contributed by atoms with Crippen molar-refractivity contribution >= 4 is 39.9 Å². The number of anilines is 1. The average molecular weight is 526 g/mol. The molecule has 1 aliphatic carbocycles. The molecule has 1 aromatic carbocycles. The fourth-order valence-electron chi connectivity index (χ4n) is 4.33. The van der Waals surface area contributed by atoms with Crippen molar-refractivity contribution in [2.75, 3.05) is 11.1 Å². The minimum absolute atomic E-state index is 0.111. The van der Waals surface area contributed by atoms with Crippen LogP contribution in [-0.4, -0.2) is 32.3 Å². The van der Waals surface area contributed by atoms with E-state index in [0.29, 0.717) is 34.0 Å². The Hall–Kier alpha value is -3.11. The molecule has 3 N–H and O–H groups in total. The number of benzene rings is 1. The highest BCUT2D eigenvalue weighted by Gasteiger charge is 2.27. The van der Waals surface area contributed by atoms with E-state index in [1.165, 1.54) is 23.1 Å². The maximum atomic E-state index is 12.8. The van der Waals surface area contributed by atoms with Crippen LogP contribution in [0.5, 0.6) is 5.75 Å². The highest BCUT2D eigenvalue weighted by Crippen LogP contribution is 2.39. The van der Waals surface area contributed by atoms with E-state index in [4.69, 9.17) is 10.5 Å². The van der Waals surface area contributed by atoms with E-state index < -0.39 is 5.91 Å². The second kappa shape index (κ2) is 11.3. The summed E-state index contributed by atoms with van der Waals surface area (Å²) in [7, 11) is 0. The third-order valence-electron chi connectivity index (χ3n) is 6.16. The molecule has 4 rings (SSSR count). The van der Waals surface area contributed by atoms with Crippen LogP contribution < -0.4 is 15.8 Å². The molecule has 3 aromatic rings. The first-order valence-corrected chi connectivity index (χ1v) is 13.7. The lowest BCUT2D eigenvalue weighted by molar-refractivity contribution is -0.113. The third kappa shape index (κ3) is 5.65. The number of rotatable bonds is 10. The molecule has 2 amide bonds. The number of primary amides is 1. The number of hydrogen-bond acceptors (Lipinski definition) is 7. The van der Waals surface area contributed by atoms with Crippen molar-refractivity contribution in [3.05, 3.63) is 64.3 Å². The van der Waals surface area contributed by atoms with Crippen LogP contribution in [0.4, 0.5) is 5.00 Å². The van der Waals surface area contributed by atoms with Crippen LogP contribution in [0, 0.1) is 12.8 Å². The Morgan fingerprint density at radius 2 is 2.17 bits per heavy atom. The number of carbonyl (C=O) groups is 2. The molecule has 0 spiro atoms. The number of thiophene rings is 1. The lowest BCUT2D eigenvalue weighted by Crippen LogP contribution is -2.20. The van der Waals surface area contributed by atoms with Crippen molar-refractivity contribution in [1.82, 2.24) is 14.8 Å². The zero-order chi connectivity index (χ0) is 25.8. The number of aryl methyl sites for hydroxylation is 1. The van der Waals surface area contributed by atoms with Gasteiger partial charge in [0.15, 0.2) is 17.1 Å². The van der Waals surface area contributed by atoms with Gasteiger partial charge in [0.05, 0.1) is 11.3 Å². The van der Waals surface area contributed by atoms with E-state index in [0.717, 1.165) is 41.0 Å². The predicted molar refractivity (Wildman–Crippen MR) is 144 cm³/mol. The number of thioether (sulfide) groups is 1. The molecule has 36 heavy (non-hydrogen) atoms. The van der Waals surface area contributed by atoms with Crippen LogP contribution in [0.15, 0.2) is 42.1 Å². The molecular weight excluding hydrogens is 494 g/mol. The first-order valence-electron chi connectivity index (χ1n) is 11.9. The number of nitrogens with two attached hydrogens (primary N) is 1. The number of ether oxygens (including phenoxy) is 1. The van der Waals surface area contributed by atoms with Gasteiger partial charge in [0.1, 0.15) is 10.8 Å². The van der Waals surface area contributed by atoms with E-state index in [2.05, 4.69) is 29.0 Å². The number of carbonyl (C=O) groups excluding carboxylic acids is 2. The van der Waals surface area contributed by atoms with Crippen LogP contribution in [0.1, 0.15) is 58.6 Å². The summed E-state index contributed by atoms with van der Waals surface area (Å²) in [6.07, 6.45) is 4.14. The standard InChI is InChI=1S/C26H31N5O3S2/c1-5-12-31-24(17(4)34-19-9-7-6-8-16(19)3)29-30-26(31)35-14-21(32)28-25-22(23(27)33)18-11-10-15(2)13-20(18)36-25/h5-9,15,17H,1,10-14H2,2-4H3,(H2,27,33)(H,28,32). The predicted octanol–water partition coefficient (Wildman–Crippen LogP) is 4.93.